The van der Waals surface area contributed by atoms with Gasteiger partial charge in [0.2, 0.25) is 0 Å². The number of Topliss-reactive ketones (excluding diaryl/α,β-unsaturated/α-hetero) is 1. The summed E-state index contributed by atoms with van der Waals surface area (Å²) in [7, 11) is 0. The van der Waals surface area contributed by atoms with E-state index in [4.69, 9.17) is 5.73 Å². The Balaban J connectivity index is 1.73. The fraction of sp³-hybridized carbons (Fsp3) is 0.533. The molecule has 4 aliphatic rings. The highest BCUT2D eigenvalue weighted by Gasteiger charge is 2.65. The Bertz CT molecular complexity index is 1160. The third-order valence-electron chi connectivity index (χ3n) is 9.61. The van der Waals surface area contributed by atoms with Gasteiger partial charge in [0.25, 0.3) is 0 Å². The SMILES string of the molecule is CC(=O)[C@@]1(C#CCO)CC[C@H]2[C@@H]3CC(C)C4=CC(=O)CCC4=C3[C@@H](c3ccc(N)cc3)C[C@@]21C. The van der Waals surface area contributed by atoms with Crippen molar-refractivity contribution in [2.45, 2.75) is 65.2 Å². The minimum atomic E-state index is -0.732. The maximum absolute atomic E-state index is 13.3. The van der Waals surface area contributed by atoms with Crippen LogP contribution in [0.4, 0.5) is 5.69 Å². The second kappa shape index (κ2) is 8.24. The van der Waals surface area contributed by atoms with E-state index >= 15 is 0 Å². The molecule has 2 saturated carbocycles. The lowest BCUT2D eigenvalue weighted by molar-refractivity contribution is -0.130. The van der Waals surface area contributed by atoms with Gasteiger partial charge in [-0.1, -0.05) is 43.4 Å². The van der Waals surface area contributed by atoms with Crippen molar-refractivity contribution in [3.05, 3.63) is 52.6 Å². The van der Waals surface area contributed by atoms with Crippen LogP contribution in [-0.2, 0) is 9.59 Å². The molecule has 1 aromatic rings. The summed E-state index contributed by atoms with van der Waals surface area (Å²) in [5, 5.41) is 9.49. The Hall–Kier alpha value is -2.64. The normalized spacial score (nSPS) is 36.6. The second-order valence-electron chi connectivity index (χ2n) is 11.2. The molecular formula is C30H35NO3. The first kappa shape index (κ1) is 23.1. The molecule has 0 aromatic heterocycles. The zero-order chi connectivity index (χ0) is 24.3. The Morgan fingerprint density at radius 1 is 1.24 bits per heavy atom. The van der Waals surface area contributed by atoms with E-state index in [1.54, 1.807) is 6.92 Å². The molecule has 5 rings (SSSR count). The monoisotopic (exact) mass is 457 g/mol. The number of aliphatic hydroxyl groups is 1. The minimum absolute atomic E-state index is 0.123. The van der Waals surface area contributed by atoms with Gasteiger partial charge in [-0.25, -0.2) is 0 Å². The van der Waals surface area contributed by atoms with Crippen LogP contribution in [0.5, 0.6) is 0 Å². The molecule has 0 aliphatic heterocycles. The number of aliphatic hydroxyl groups excluding tert-OH is 1. The Morgan fingerprint density at radius 2 is 1.97 bits per heavy atom. The number of anilines is 1. The van der Waals surface area contributed by atoms with E-state index in [0.717, 1.165) is 37.8 Å². The van der Waals surface area contributed by atoms with Crippen LogP contribution in [0.1, 0.15) is 70.8 Å². The number of allylic oxidation sites excluding steroid dienone is 4. The molecule has 0 heterocycles. The largest absolute Gasteiger partial charge is 0.399 e. The number of rotatable bonds is 2. The number of carbonyl (C=O) groups excluding carboxylic acids is 2. The number of nitrogens with two attached hydrogens (primary N) is 1. The number of hydrogen-bond donors (Lipinski definition) is 2. The van der Waals surface area contributed by atoms with Crippen molar-refractivity contribution in [1.29, 1.82) is 0 Å². The zero-order valence-corrected chi connectivity index (χ0v) is 20.5. The first-order chi connectivity index (χ1) is 16.2. The van der Waals surface area contributed by atoms with Gasteiger partial charge < -0.3 is 10.8 Å². The third-order valence-corrected chi connectivity index (χ3v) is 9.61. The van der Waals surface area contributed by atoms with Crippen LogP contribution in [0, 0.1) is 40.4 Å². The van der Waals surface area contributed by atoms with Crippen LogP contribution < -0.4 is 5.73 Å². The van der Waals surface area contributed by atoms with Gasteiger partial charge in [-0.3, -0.25) is 9.59 Å². The first-order valence-corrected chi connectivity index (χ1v) is 12.7. The van der Waals surface area contributed by atoms with Gasteiger partial charge in [-0.15, -0.1) is 0 Å². The van der Waals surface area contributed by atoms with Gasteiger partial charge in [0.1, 0.15) is 12.4 Å². The lowest BCUT2D eigenvalue weighted by Crippen LogP contribution is -2.50. The predicted octanol–water partition coefficient (Wildman–Crippen LogP) is 4.99. The highest BCUT2D eigenvalue weighted by atomic mass is 16.2. The quantitative estimate of drug-likeness (QED) is 0.485. The molecule has 0 amide bonds. The minimum Gasteiger partial charge on any atom is -0.399 e. The summed E-state index contributed by atoms with van der Waals surface area (Å²) in [6.45, 7) is 5.99. The number of benzene rings is 1. The van der Waals surface area contributed by atoms with Gasteiger partial charge in [-0.2, -0.15) is 0 Å². The average molecular weight is 458 g/mol. The van der Waals surface area contributed by atoms with Crippen LogP contribution in [0.3, 0.4) is 0 Å². The molecule has 4 aliphatic carbocycles. The Labute approximate surface area is 202 Å². The summed E-state index contributed by atoms with van der Waals surface area (Å²) in [6.07, 6.45) is 6.87. The molecule has 6 atom stereocenters. The van der Waals surface area contributed by atoms with Crippen molar-refractivity contribution in [2.24, 2.45) is 28.6 Å². The summed E-state index contributed by atoms with van der Waals surface area (Å²) in [6, 6.07) is 8.20. The lowest BCUT2D eigenvalue weighted by Gasteiger charge is -2.55. The van der Waals surface area contributed by atoms with E-state index in [9.17, 15) is 14.7 Å². The number of hydrogen-bond acceptors (Lipinski definition) is 4. The van der Waals surface area contributed by atoms with E-state index in [1.165, 1.54) is 22.3 Å². The number of ketones is 2. The van der Waals surface area contributed by atoms with Crippen LogP contribution in [0.2, 0.25) is 0 Å². The molecule has 3 N–H and O–H groups in total. The molecule has 0 saturated heterocycles. The standard InChI is InChI=1S/C30H35NO3/c1-18-15-25-27-11-13-30(19(2)33,12-4-14-32)29(27,3)17-26(20-5-7-21(31)8-6-20)28(25)23-10-9-22(34)16-24(18)23/h5-8,16,18,25-27,32H,9-11,13-15,17,31H2,1-3H3/t18?,25-,26+,27-,29-,30+/m0/s1. The van der Waals surface area contributed by atoms with E-state index in [0.29, 0.717) is 24.2 Å². The second-order valence-corrected chi connectivity index (χ2v) is 11.2. The summed E-state index contributed by atoms with van der Waals surface area (Å²) >= 11 is 0. The maximum Gasteiger partial charge on any atom is 0.156 e. The summed E-state index contributed by atoms with van der Waals surface area (Å²) in [4.78, 5) is 25.6. The van der Waals surface area contributed by atoms with E-state index in [-0.39, 0.29) is 29.5 Å². The van der Waals surface area contributed by atoms with Crippen LogP contribution >= 0.6 is 0 Å². The van der Waals surface area contributed by atoms with Crippen molar-refractivity contribution >= 4 is 17.3 Å². The Morgan fingerprint density at radius 3 is 2.65 bits per heavy atom. The van der Waals surface area contributed by atoms with E-state index in [1.807, 2.05) is 18.2 Å². The van der Waals surface area contributed by atoms with Crippen LogP contribution in [-0.4, -0.2) is 23.3 Å². The molecule has 34 heavy (non-hydrogen) atoms. The average Bonchev–Trinajstić information content (AvgIpc) is 3.11. The summed E-state index contributed by atoms with van der Waals surface area (Å²) in [5.41, 5.74) is 11.1. The predicted molar refractivity (Wildman–Crippen MR) is 134 cm³/mol. The van der Waals surface area contributed by atoms with Gasteiger partial charge in [0.05, 0.1) is 5.41 Å². The third kappa shape index (κ3) is 3.24. The summed E-state index contributed by atoms with van der Waals surface area (Å²) < 4.78 is 0. The molecule has 1 aromatic carbocycles. The molecule has 0 bridgehead atoms. The van der Waals surface area contributed by atoms with E-state index in [2.05, 4.69) is 37.8 Å². The van der Waals surface area contributed by atoms with Crippen molar-refractivity contribution in [2.75, 3.05) is 12.3 Å². The van der Waals surface area contributed by atoms with Crippen molar-refractivity contribution < 1.29 is 14.7 Å². The van der Waals surface area contributed by atoms with E-state index < -0.39 is 5.41 Å². The Kier molecular flexibility index (Phi) is 5.60. The fourth-order valence-electron chi connectivity index (χ4n) is 8.07. The highest BCUT2D eigenvalue weighted by Crippen LogP contribution is 2.70. The molecule has 0 spiro atoms. The molecule has 4 nitrogen and oxygen atoms in total. The van der Waals surface area contributed by atoms with Gasteiger partial charge >= 0.3 is 0 Å². The van der Waals surface area contributed by atoms with Crippen molar-refractivity contribution in [3.8, 4) is 11.8 Å². The van der Waals surface area contributed by atoms with Crippen LogP contribution in [0.15, 0.2) is 47.1 Å². The van der Waals surface area contributed by atoms with Crippen molar-refractivity contribution in [1.82, 2.24) is 0 Å². The lowest BCUT2D eigenvalue weighted by atomic mass is 9.47. The molecule has 0 radical (unpaired) electrons. The topological polar surface area (TPSA) is 80.4 Å². The highest BCUT2D eigenvalue weighted by molar-refractivity contribution is 5.93. The number of nitrogen functional groups attached to an aromatic ring is 1. The molecular weight excluding hydrogens is 422 g/mol. The molecule has 1 unspecified atom stereocenters. The molecule has 4 heteroatoms. The fourth-order valence-corrected chi connectivity index (χ4v) is 8.07. The zero-order valence-electron chi connectivity index (χ0n) is 20.5. The molecule has 2 fully saturated rings. The number of carbonyl (C=O) groups is 2. The molecule has 178 valence electrons. The van der Waals surface area contributed by atoms with Gasteiger partial charge in [0.15, 0.2) is 5.78 Å². The maximum atomic E-state index is 13.3. The van der Waals surface area contributed by atoms with Gasteiger partial charge in [-0.05, 0) is 97.1 Å². The smallest absolute Gasteiger partial charge is 0.156 e. The van der Waals surface area contributed by atoms with Crippen molar-refractivity contribution in [3.63, 3.8) is 0 Å². The van der Waals surface area contributed by atoms with Gasteiger partial charge in [0, 0.05) is 18.0 Å². The number of fused-ring (bicyclic) bond motifs is 4. The van der Waals surface area contributed by atoms with Crippen LogP contribution in [0.25, 0.3) is 0 Å². The summed E-state index contributed by atoms with van der Waals surface area (Å²) in [5.74, 6) is 7.76. The first-order valence-electron chi connectivity index (χ1n) is 12.7.